The summed E-state index contributed by atoms with van der Waals surface area (Å²) in [4.78, 5) is 14.3. The van der Waals surface area contributed by atoms with Crippen LogP contribution in [0.5, 0.6) is 0 Å². The molecule has 22 heavy (non-hydrogen) atoms. The molecule has 118 valence electrons. The van der Waals surface area contributed by atoms with Crippen molar-refractivity contribution in [2.75, 3.05) is 19.6 Å². The topological polar surface area (TPSA) is 40.5 Å². The van der Waals surface area contributed by atoms with Crippen molar-refractivity contribution in [1.29, 1.82) is 0 Å². The maximum absolute atomic E-state index is 12.1. The van der Waals surface area contributed by atoms with Crippen LogP contribution in [0.1, 0.15) is 44.2 Å². The number of aliphatic hydroxyl groups is 1. The van der Waals surface area contributed by atoms with Gasteiger partial charge in [0.05, 0.1) is 18.6 Å². The molecule has 0 radical (unpaired) electrons. The number of hydrogen-bond donors (Lipinski definition) is 1. The largest absolute Gasteiger partial charge is 0.385 e. The van der Waals surface area contributed by atoms with Crippen LogP contribution in [-0.2, 0) is 16.8 Å². The van der Waals surface area contributed by atoms with E-state index in [1.54, 1.807) is 0 Å². The van der Waals surface area contributed by atoms with Gasteiger partial charge in [-0.25, -0.2) is 0 Å². The number of aryl methyl sites for hydroxylation is 1. The number of Topliss-reactive ketones (excluding diaryl/α,β-unsaturated/α-hetero) is 1. The lowest BCUT2D eigenvalue weighted by atomic mass is 9.90. The summed E-state index contributed by atoms with van der Waals surface area (Å²) in [6, 6.07) is 7.86. The Morgan fingerprint density at radius 1 is 1.27 bits per heavy atom. The monoisotopic (exact) mass is 299 g/mol. The van der Waals surface area contributed by atoms with Crippen LogP contribution in [0.4, 0.5) is 0 Å². The predicted molar refractivity (Wildman–Crippen MR) is 88.5 cm³/mol. The number of nitrogens with zero attached hydrogens (tertiary/aromatic N) is 1. The normalized spacial score (nSPS) is 19.6. The minimum absolute atomic E-state index is 0.0197. The van der Waals surface area contributed by atoms with Crippen LogP contribution in [0.15, 0.2) is 24.3 Å². The van der Waals surface area contributed by atoms with Crippen molar-refractivity contribution in [3.63, 3.8) is 0 Å². The molecule has 0 bridgehead atoms. The molecule has 1 aromatic rings. The predicted octanol–water partition coefficient (Wildman–Crippen LogP) is 2.51. The molecule has 0 aliphatic heterocycles. The van der Waals surface area contributed by atoms with E-state index in [0.29, 0.717) is 13.0 Å². The van der Waals surface area contributed by atoms with E-state index in [0.717, 1.165) is 30.6 Å². The molecule has 1 aliphatic rings. The SMILES string of the molecule is CCN(CC)CC#CCC(=O)CC1(O)CCc2ccccc21. The molecule has 1 aliphatic carbocycles. The quantitative estimate of drug-likeness (QED) is 0.821. The second-order valence-corrected chi connectivity index (χ2v) is 5.90. The third-order valence-electron chi connectivity index (χ3n) is 4.42. The van der Waals surface area contributed by atoms with Gasteiger partial charge in [0.15, 0.2) is 0 Å². The Bertz CT molecular complexity index is 581. The first-order valence-electron chi connectivity index (χ1n) is 8.09. The number of carbonyl (C=O) groups is 1. The number of ketones is 1. The first-order valence-corrected chi connectivity index (χ1v) is 8.09. The van der Waals surface area contributed by atoms with E-state index in [9.17, 15) is 9.90 Å². The fourth-order valence-electron chi connectivity index (χ4n) is 3.02. The zero-order valence-corrected chi connectivity index (χ0v) is 13.6. The van der Waals surface area contributed by atoms with Crippen molar-refractivity contribution in [3.8, 4) is 11.8 Å². The smallest absolute Gasteiger partial charge is 0.147 e. The number of hydrogen-bond acceptors (Lipinski definition) is 3. The maximum Gasteiger partial charge on any atom is 0.147 e. The summed E-state index contributed by atoms with van der Waals surface area (Å²) in [7, 11) is 0. The van der Waals surface area contributed by atoms with Gasteiger partial charge >= 0.3 is 0 Å². The molecular formula is C19H25NO2. The highest BCUT2D eigenvalue weighted by molar-refractivity contribution is 5.82. The second kappa shape index (κ2) is 7.58. The van der Waals surface area contributed by atoms with Crippen molar-refractivity contribution in [2.24, 2.45) is 0 Å². The molecule has 1 unspecified atom stereocenters. The lowest BCUT2D eigenvalue weighted by molar-refractivity contribution is -0.123. The lowest BCUT2D eigenvalue weighted by Gasteiger charge is -2.22. The Balaban J connectivity index is 1.89. The van der Waals surface area contributed by atoms with Gasteiger partial charge in [-0.2, -0.15) is 0 Å². The van der Waals surface area contributed by atoms with Gasteiger partial charge in [-0.3, -0.25) is 9.69 Å². The van der Waals surface area contributed by atoms with Crippen LogP contribution in [0.25, 0.3) is 0 Å². The van der Waals surface area contributed by atoms with Crippen molar-refractivity contribution in [1.82, 2.24) is 4.90 Å². The summed E-state index contributed by atoms with van der Waals surface area (Å²) >= 11 is 0. The molecule has 3 heteroatoms. The summed E-state index contributed by atoms with van der Waals surface area (Å²) in [6.45, 7) is 6.84. The van der Waals surface area contributed by atoms with Gasteiger partial charge < -0.3 is 5.11 Å². The zero-order chi connectivity index (χ0) is 16.0. The van der Waals surface area contributed by atoms with E-state index in [1.165, 1.54) is 0 Å². The molecule has 0 spiro atoms. The summed E-state index contributed by atoms with van der Waals surface area (Å²) < 4.78 is 0. The van der Waals surface area contributed by atoms with E-state index in [-0.39, 0.29) is 18.6 Å². The molecule has 1 aromatic carbocycles. The Morgan fingerprint density at radius 2 is 2.00 bits per heavy atom. The van der Waals surface area contributed by atoms with Gasteiger partial charge in [-0.05, 0) is 37.1 Å². The summed E-state index contributed by atoms with van der Waals surface area (Å²) in [6.07, 6.45) is 1.87. The van der Waals surface area contributed by atoms with E-state index < -0.39 is 5.60 Å². The fraction of sp³-hybridized carbons (Fsp3) is 0.526. The summed E-state index contributed by atoms with van der Waals surface area (Å²) in [5.74, 6) is 6.02. The van der Waals surface area contributed by atoms with E-state index in [2.05, 4.69) is 30.6 Å². The molecule has 0 amide bonds. The third-order valence-corrected chi connectivity index (χ3v) is 4.42. The van der Waals surface area contributed by atoms with E-state index in [4.69, 9.17) is 0 Å². The van der Waals surface area contributed by atoms with Gasteiger partial charge in [0, 0.05) is 6.42 Å². The summed E-state index contributed by atoms with van der Waals surface area (Å²) in [5.41, 5.74) is 1.08. The Labute approximate surface area is 133 Å². The van der Waals surface area contributed by atoms with Crippen LogP contribution in [0, 0.1) is 11.8 Å². The van der Waals surface area contributed by atoms with E-state index in [1.807, 2.05) is 24.3 Å². The van der Waals surface area contributed by atoms with Crippen molar-refractivity contribution >= 4 is 5.78 Å². The molecule has 0 saturated carbocycles. The fourth-order valence-corrected chi connectivity index (χ4v) is 3.02. The number of carbonyl (C=O) groups excluding carboxylic acids is 1. The lowest BCUT2D eigenvalue weighted by Crippen LogP contribution is -2.26. The van der Waals surface area contributed by atoms with Gasteiger partial charge in [-0.1, -0.05) is 50.0 Å². The molecule has 0 fully saturated rings. The minimum atomic E-state index is -0.992. The number of fused-ring (bicyclic) bond motifs is 1. The van der Waals surface area contributed by atoms with Crippen LogP contribution < -0.4 is 0 Å². The van der Waals surface area contributed by atoms with Crippen molar-refractivity contribution in [2.45, 2.75) is 45.1 Å². The Kier molecular flexibility index (Phi) is 5.76. The molecule has 3 nitrogen and oxygen atoms in total. The minimum Gasteiger partial charge on any atom is -0.385 e. The van der Waals surface area contributed by atoms with Crippen molar-refractivity contribution in [3.05, 3.63) is 35.4 Å². The molecule has 0 heterocycles. The average Bonchev–Trinajstić information content (AvgIpc) is 2.85. The van der Waals surface area contributed by atoms with Gasteiger partial charge in [0.1, 0.15) is 5.78 Å². The third kappa shape index (κ3) is 3.97. The number of benzene rings is 1. The standard InChI is InChI=1S/C19H25NO2/c1-3-20(4-2)14-8-7-10-17(21)15-19(22)13-12-16-9-5-6-11-18(16)19/h5-6,9,11,22H,3-4,10,12-15H2,1-2H3. The first-order chi connectivity index (χ1) is 10.6. The molecular weight excluding hydrogens is 274 g/mol. The Hall–Kier alpha value is -1.63. The summed E-state index contributed by atoms with van der Waals surface area (Å²) in [5, 5.41) is 10.8. The highest BCUT2D eigenvalue weighted by Gasteiger charge is 2.37. The molecule has 2 rings (SSSR count). The molecule has 0 aromatic heterocycles. The Morgan fingerprint density at radius 3 is 2.73 bits per heavy atom. The highest BCUT2D eigenvalue weighted by atomic mass is 16.3. The van der Waals surface area contributed by atoms with Crippen LogP contribution in [-0.4, -0.2) is 35.4 Å². The zero-order valence-electron chi connectivity index (χ0n) is 13.6. The van der Waals surface area contributed by atoms with Crippen LogP contribution >= 0.6 is 0 Å². The average molecular weight is 299 g/mol. The van der Waals surface area contributed by atoms with Crippen LogP contribution in [0.2, 0.25) is 0 Å². The second-order valence-electron chi connectivity index (χ2n) is 5.90. The van der Waals surface area contributed by atoms with Gasteiger partial charge in [-0.15, -0.1) is 0 Å². The molecule has 1 atom stereocenters. The van der Waals surface area contributed by atoms with Gasteiger partial charge in [0.25, 0.3) is 0 Å². The van der Waals surface area contributed by atoms with Crippen LogP contribution in [0.3, 0.4) is 0 Å². The number of rotatable bonds is 6. The maximum atomic E-state index is 12.1. The molecule has 0 saturated heterocycles. The molecule has 1 N–H and O–H groups in total. The van der Waals surface area contributed by atoms with Crippen molar-refractivity contribution < 1.29 is 9.90 Å². The van der Waals surface area contributed by atoms with E-state index >= 15 is 0 Å². The first kappa shape index (κ1) is 16.7. The van der Waals surface area contributed by atoms with Gasteiger partial charge in [0.2, 0.25) is 0 Å². The highest BCUT2D eigenvalue weighted by Crippen LogP contribution is 2.39.